The van der Waals surface area contributed by atoms with Crippen LogP contribution in [0.2, 0.25) is 5.02 Å². The fourth-order valence-electron chi connectivity index (χ4n) is 5.79. The Morgan fingerprint density at radius 1 is 0.938 bits per heavy atom. The van der Waals surface area contributed by atoms with E-state index in [-0.39, 0.29) is 39.9 Å². The monoisotopic (exact) mass is 693 g/mol. The van der Waals surface area contributed by atoms with Crippen LogP contribution in [0.4, 0.5) is 26.3 Å². The SMILES string of the molecule is Cc1nc([C@@H]2OC(CO)[C@H](O)C(n3cc(-c4cc(F)c(F)c(F)c4)c(Cc4ccccc4)n3)[C@@H]2O)n(-c2cc(Cl)ccc2C(F)(F)F)n1. The van der Waals surface area contributed by atoms with Crippen LogP contribution in [0.1, 0.15) is 40.6 Å². The van der Waals surface area contributed by atoms with Crippen molar-refractivity contribution in [2.45, 2.75) is 50.0 Å². The van der Waals surface area contributed by atoms with Gasteiger partial charge < -0.3 is 20.1 Å². The first kappa shape index (κ1) is 33.6. The molecule has 5 aromatic rings. The first-order valence-electron chi connectivity index (χ1n) is 14.5. The summed E-state index contributed by atoms with van der Waals surface area (Å²) in [5.41, 5.74) is -0.631. The van der Waals surface area contributed by atoms with Crippen LogP contribution >= 0.6 is 11.6 Å². The molecule has 2 aromatic heterocycles. The van der Waals surface area contributed by atoms with E-state index in [0.29, 0.717) is 0 Å². The lowest BCUT2D eigenvalue weighted by Crippen LogP contribution is -2.53. The fourth-order valence-corrected chi connectivity index (χ4v) is 5.96. The number of aliphatic hydroxyl groups is 3. The lowest BCUT2D eigenvalue weighted by molar-refractivity contribution is -0.210. The van der Waals surface area contributed by atoms with Crippen molar-refractivity contribution in [2.24, 2.45) is 0 Å². The molecule has 16 heteroatoms. The van der Waals surface area contributed by atoms with Crippen LogP contribution in [0.15, 0.2) is 66.9 Å². The van der Waals surface area contributed by atoms with Gasteiger partial charge in [-0.25, -0.2) is 22.8 Å². The van der Waals surface area contributed by atoms with Gasteiger partial charge in [-0.1, -0.05) is 41.9 Å². The zero-order chi connectivity index (χ0) is 34.5. The molecule has 5 atom stereocenters. The first-order chi connectivity index (χ1) is 22.8. The Hall–Kier alpha value is -4.28. The number of rotatable bonds is 7. The predicted molar refractivity (Wildman–Crippen MR) is 159 cm³/mol. The van der Waals surface area contributed by atoms with Crippen molar-refractivity contribution in [1.82, 2.24) is 24.5 Å². The Morgan fingerprint density at radius 2 is 1.62 bits per heavy atom. The van der Waals surface area contributed by atoms with E-state index in [0.717, 1.165) is 45.3 Å². The third kappa shape index (κ3) is 6.31. The molecule has 3 aromatic carbocycles. The maximum absolute atomic E-state index is 14.4. The Balaban J connectivity index is 1.48. The standard InChI is InChI=1S/C32H26ClF6N5O4/c1-15-40-31(44(41-15)24-12-18(33)7-8-20(24)32(37,38)39)30-29(47)27(28(46)25(14-45)48-30)43-13-19(17-10-21(34)26(36)22(35)11-17)23(42-43)9-16-5-3-2-4-6-16/h2-8,10-13,25,27-30,45-47H,9,14H2,1H3/t25?,27?,28-,29-,30+/m0/s1. The van der Waals surface area contributed by atoms with E-state index in [2.05, 4.69) is 15.2 Å². The van der Waals surface area contributed by atoms with Gasteiger partial charge in [-0.3, -0.25) is 4.68 Å². The summed E-state index contributed by atoms with van der Waals surface area (Å²) in [6.45, 7) is 0.609. The maximum Gasteiger partial charge on any atom is 0.418 e. The molecule has 1 fully saturated rings. The number of halogens is 7. The van der Waals surface area contributed by atoms with E-state index in [1.807, 2.05) is 0 Å². The molecule has 48 heavy (non-hydrogen) atoms. The summed E-state index contributed by atoms with van der Waals surface area (Å²) >= 11 is 6.06. The zero-order valence-electron chi connectivity index (χ0n) is 24.8. The molecule has 3 N–H and O–H groups in total. The molecule has 0 amide bonds. The number of aromatic nitrogens is 5. The topological polar surface area (TPSA) is 118 Å². The van der Waals surface area contributed by atoms with Gasteiger partial charge in [0, 0.05) is 23.2 Å². The molecule has 2 unspecified atom stereocenters. The van der Waals surface area contributed by atoms with Gasteiger partial charge in [0.25, 0.3) is 0 Å². The number of aryl methyl sites for hydroxylation is 1. The van der Waals surface area contributed by atoms with Crippen molar-refractivity contribution in [3.63, 3.8) is 0 Å². The molecule has 1 aliphatic heterocycles. The van der Waals surface area contributed by atoms with Gasteiger partial charge >= 0.3 is 6.18 Å². The largest absolute Gasteiger partial charge is 0.418 e. The molecular formula is C32H26ClF6N5O4. The van der Waals surface area contributed by atoms with Gasteiger partial charge in [0.1, 0.15) is 36.3 Å². The van der Waals surface area contributed by atoms with Gasteiger partial charge in [-0.2, -0.15) is 23.4 Å². The summed E-state index contributed by atoms with van der Waals surface area (Å²) in [5.74, 6) is -4.88. The highest BCUT2D eigenvalue weighted by molar-refractivity contribution is 6.30. The molecule has 0 radical (unpaired) electrons. The summed E-state index contributed by atoms with van der Waals surface area (Å²) < 4.78 is 92.5. The van der Waals surface area contributed by atoms with E-state index >= 15 is 0 Å². The molecule has 6 rings (SSSR count). The Bertz CT molecular complexity index is 1930. The summed E-state index contributed by atoms with van der Waals surface area (Å²) in [6, 6.07) is 11.8. The van der Waals surface area contributed by atoms with E-state index in [1.54, 1.807) is 30.3 Å². The van der Waals surface area contributed by atoms with Gasteiger partial charge in [0.05, 0.1) is 23.6 Å². The van der Waals surface area contributed by atoms with Crippen molar-refractivity contribution < 1.29 is 46.4 Å². The van der Waals surface area contributed by atoms with Gasteiger partial charge in [-0.15, -0.1) is 0 Å². The lowest BCUT2D eigenvalue weighted by atomic mass is 9.92. The van der Waals surface area contributed by atoms with Crippen LogP contribution in [-0.2, 0) is 17.3 Å². The molecule has 0 spiro atoms. The number of nitrogens with zero attached hydrogens (tertiary/aromatic N) is 5. The Kier molecular flexibility index (Phi) is 9.08. The van der Waals surface area contributed by atoms with Crippen LogP contribution in [0, 0.1) is 24.4 Å². The van der Waals surface area contributed by atoms with Crippen molar-refractivity contribution in [2.75, 3.05) is 6.61 Å². The van der Waals surface area contributed by atoms with Gasteiger partial charge in [-0.05, 0) is 48.4 Å². The smallest absolute Gasteiger partial charge is 0.394 e. The van der Waals surface area contributed by atoms with Crippen molar-refractivity contribution >= 4 is 11.6 Å². The molecule has 0 aliphatic carbocycles. The molecular weight excluding hydrogens is 668 g/mol. The van der Waals surface area contributed by atoms with Crippen LogP contribution < -0.4 is 0 Å². The normalized spacial score (nSPS) is 21.5. The summed E-state index contributed by atoms with van der Waals surface area (Å²) in [4.78, 5) is 4.23. The molecule has 1 aliphatic rings. The minimum Gasteiger partial charge on any atom is -0.394 e. The van der Waals surface area contributed by atoms with Crippen molar-refractivity contribution in [1.29, 1.82) is 0 Å². The number of hydrogen-bond acceptors (Lipinski definition) is 7. The summed E-state index contributed by atoms with van der Waals surface area (Å²) in [6.07, 6.45) is -9.91. The molecule has 9 nitrogen and oxygen atoms in total. The number of ether oxygens (including phenoxy) is 1. The fraction of sp³-hybridized carbons (Fsp3) is 0.281. The van der Waals surface area contributed by atoms with Crippen molar-refractivity contribution in [3.8, 4) is 16.8 Å². The summed E-state index contributed by atoms with van der Waals surface area (Å²) in [5, 5.41) is 41.8. The van der Waals surface area contributed by atoms with E-state index in [9.17, 15) is 41.7 Å². The molecule has 252 valence electrons. The highest BCUT2D eigenvalue weighted by Crippen LogP contribution is 2.41. The van der Waals surface area contributed by atoms with Crippen LogP contribution in [-0.4, -0.2) is 64.8 Å². The zero-order valence-corrected chi connectivity index (χ0v) is 25.5. The quantitative estimate of drug-likeness (QED) is 0.152. The third-order valence-electron chi connectivity index (χ3n) is 8.00. The molecule has 0 bridgehead atoms. The number of benzene rings is 3. The highest BCUT2D eigenvalue weighted by Gasteiger charge is 2.49. The van der Waals surface area contributed by atoms with E-state index in [1.165, 1.54) is 13.1 Å². The third-order valence-corrected chi connectivity index (χ3v) is 8.24. The minimum atomic E-state index is -4.84. The molecule has 0 saturated carbocycles. The number of aliphatic hydroxyl groups excluding tert-OH is 3. The van der Waals surface area contributed by atoms with Crippen molar-refractivity contribution in [3.05, 3.63) is 118 Å². The molecule has 1 saturated heterocycles. The highest BCUT2D eigenvalue weighted by atomic mass is 35.5. The second-order valence-corrected chi connectivity index (χ2v) is 11.7. The van der Waals surface area contributed by atoms with Crippen LogP contribution in [0.5, 0.6) is 0 Å². The second kappa shape index (κ2) is 13.0. The number of hydrogen-bond donors (Lipinski definition) is 3. The lowest BCUT2D eigenvalue weighted by Gasteiger charge is -2.42. The first-order valence-corrected chi connectivity index (χ1v) is 14.8. The Morgan fingerprint density at radius 3 is 2.27 bits per heavy atom. The molecule has 3 heterocycles. The number of alkyl halides is 3. The average molecular weight is 694 g/mol. The van der Waals surface area contributed by atoms with Gasteiger partial charge in [0.15, 0.2) is 23.3 Å². The average Bonchev–Trinajstić information content (AvgIpc) is 3.63. The van der Waals surface area contributed by atoms with E-state index in [4.69, 9.17) is 16.3 Å². The van der Waals surface area contributed by atoms with Gasteiger partial charge in [0.2, 0.25) is 0 Å². The van der Waals surface area contributed by atoms with E-state index < -0.39 is 71.9 Å². The minimum absolute atomic E-state index is 0.00371. The Labute approximate surface area is 273 Å². The summed E-state index contributed by atoms with van der Waals surface area (Å²) in [7, 11) is 0. The predicted octanol–water partition coefficient (Wildman–Crippen LogP) is 5.51. The van der Waals surface area contributed by atoms with Crippen LogP contribution in [0.3, 0.4) is 0 Å². The second-order valence-electron chi connectivity index (χ2n) is 11.2. The van der Waals surface area contributed by atoms with Crippen LogP contribution in [0.25, 0.3) is 16.8 Å². The maximum atomic E-state index is 14.4.